The Morgan fingerprint density at radius 3 is 2.63 bits per heavy atom. The van der Waals surface area contributed by atoms with Gasteiger partial charge >= 0.3 is 0 Å². The number of carbonyl (C=O) groups is 2. The zero-order valence-corrected chi connectivity index (χ0v) is 12.1. The topological polar surface area (TPSA) is 70.2 Å². The third-order valence-corrected chi connectivity index (χ3v) is 3.49. The highest BCUT2D eigenvalue weighted by Crippen LogP contribution is 2.18. The second kappa shape index (κ2) is 8.38. The molecule has 1 aliphatic heterocycles. The van der Waals surface area contributed by atoms with E-state index in [9.17, 15) is 9.59 Å². The molecule has 0 aromatic heterocycles. The highest BCUT2D eigenvalue weighted by atomic mass is 35.5. The number of nitrogens with one attached hydrogen (secondary N) is 3. The second-order valence-corrected chi connectivity index (χ2v) is 5.28. The standard InChI is InChI=1S/C13H23N3O2.ClH/c17-12(16-11-5-6-11)4-2-8-15-13(18)10-3-1-7-14-9-10;/h10-11,14H,1-9H2,(H,15,18)(H,16,17);1H. The lowest BCUT2D eigenvalue weighted by Gasteiger charge is -2.21. The van der Waals surface area contributed by atoms with Crippen LogP contribution in [0.1, 0.15) is 38.5 Å². The van der Waals surface area contributed by atoms with Crippen molar-refractivity contribution in [1.82, 2.24) is 16.0 Å². The van der Waals surface area contributed by atoms with Gasteiger partial charge in [-0.3, -0.25) is 9.59 Å². The molecular formula is C13H24ClN3O2. The van der Waals surface area contributed by atoms with Gasteiger partial charge in [0.05, 0.1) is 5.92 Å². The summed E-state index contributed by atoms with van der Waals surface area (Å²) in [5.41, 5.74) is 0. The predicted molar refractivity (Wildman–Crippen MR) is 76.3 cm³/mol. The molecule has 2 rings (SSSR count). The van der Waals surface area contributed by atoms with Crippen LogP contribution < -0.4 is 16.0 Å². The number of carbonyl (C=O) groups excluding carboxylic acids is 2. The molecule has 5 nitrogen and oxygen atoms in total. The lowest BCUT2D eigenvalue weighted by Crippen LogP contribution is -2.41. The van der Waals surface area contributed by atoms with Crippen molar-refractivity contribution in [2.24, 2.45) is 5.92 Å². The summed E-state index contributed by atoms with van der Waals surface area (Å²) in [6.07, 6.45) is 5.53. The number of rotatable bonds is 6. The summed E-state index contributed by atoms with van der Waals surface area (Å²) in [7, 11) is 0. The van der Waals surface area contributed by atoms with Crippen molar-refractivity contribution in [3.8, 4) is 0 Å². The van der Waals surface area contributed by atoms with Crippen LogP contribution in [0, 0.1) is 5.92 Å². The van der Waals surface area contributed by atoms with Crippen molar-refractivity contribution >= 4 is 24.2 Å². The number of amides is 2. The first-order valence-corrected chi connectivity index (χ1v) is 7.03. The first-order valence-electron chi connectivity index (χ1n) is 7.03. The van der Waals surface area contributed by atoms with Crippen molar-refractivity contribution < 1.29 is 9.59 Å². The lowest BCUT2D eigenvalue weighted by atomic mass is 9.99. The minimum absolute atomic E-state index is 0. The van der Waals surface area contributed by atoms with Gasteiger partial charge in [-0.15, -0.1) is 12.4 Å². The molecule has 2 fully saturated rings. The van der Waals surface area contributed by atoms with E-state index in [0.29, 0.717) is 19.0 Å². The van der Waals surface area contributed by atoms with Gasteiger partial charge in [0.15, 0.2) is 0 Å². The Hall–Kier alpha value is -0.810. The van der Waals surface area contributed by atoms with Crippen LogP contribution in [0.5, 0.6) is 0 Å². The predicted octanol–water partition coefficient (Wildman–Crippen LogP) is 0.583. The smallest absolute Gasteiger partial charge is 0.224 e. The van der Waals surface area contributed by atoms with Crippen LogP contribution in [0.2, 0.25) is 0 Å². The Labute approximate surface area is 120 Å². The van der Waals surface area contributed by atoms with Crippen LogP contribution in [0.25, 0.3) is 0 Å². The number of halogens is 1. The number of hydrogen-bond acceptors (Lipinski definition) is 3. The summed E-state index contributed by atoms with van der Waals surface area (Å²) in [5.74, 6) is 0.356. The molecule has 19 heavy (non-hydrogen) atoms. The molecule has 110 valence electrons. The molecule has 1 saturated heterocycles. The van der Waals surface area contributed by atoms with Gasteiger partial charge in [-0.25, -0.2) is 0 Å². The SMILES string of the molecule is Cl.O=C(CCCNC(=O)C1CCCNC1)NC1CC1. The molecule has 1 atom stereocenters. The first-order chi connectivity index (χ1) is 8.75. The van der Waals surface area contributed by atoms with E-state index in [1.807, 2.05) is 0 Å². The minimum Gasteiger partial charge on any atom is -0.356 e. The van der Waals surface area contributed by atoms with Gasteiger partial charge in [0.2, 0.25) is 11.8 Å². The fourth-order valence-electron chi connectivity index (χ4n) is 2.21. The van der Waals surface area contributed by atoms with Crippen molar-refractivity contribution in [2.75, 3.05) is 19.6 Å². The maximum atomic E-state index is 11.8. The molecule has 0 spiro atoms. The first kappa shape index (κ1) is 16.2. The van der Waals surface area contributed by atoms with Crippen LogP contribution in [0.15, 0.2) is 0 Å². The molecule has 0 aromatic carbocycles. The Morgan fingerprint density at radius 1 is 1.21 bits per heavy atom. The molecule has 0 bridgehead atoms. The summed E-state index contributed by atoms with van der Waals surface area (Å²) < 4.78 is 0. The second-order valence-electron chi connectivity index (χ2n) is 5.28. The third-order valence-electron chi connectivity index (χ3n) is 3.49. The zero-order valence-electron chi connectivity index (χ0n) is 11.2. The van der Waals surface area contributed by atoms with E-state index in [-0.39, 0.29) is 30.1 Å². The molecule has 3 N–H and O–H groups in total. The summed E-state index contributed by atoms with van der Waals surface area (Å²) >= 11 is 0. The van der Waals surface area contributed by atoms with Gasteiger partial charge in [0.25, 0.3) is 0 Å². The van der Waals surface area contributed by atoms with Gasteiger partial charge in [0.1, 0.15) is 0 Å². The van der Waals surface area contributed by atoms with Crippen LogP contribution in [-0.2, 0) is 9.59 Å². The molecule has 0 aromatic rings. The largest absolute Gasteiger partial charge is 0.356 e. The van der Waals surface area contributed by atoms with E-state index in [1.54, 1.807) is 0 Å². The number of hydrogen-bond donors (Lipinski definition) is 3. The summed E-state index contributed by atoms with van der Waals surface area (Å²) in [5, 5.41) is 9.09. The van der Waals surface area contributed by atoms with Gasteiger partial charge in [-0.2, -0.15) is 0 Å². The fraction of sp³-hybridized carbons (Fsp3) is 0.846. The average molecular weight is 290 g/mol. The highest BCUT2D eigenvalue weighted by Gasteiger charge is 2.23. The minimum atomic E-state index is 0. The monoisotopic (exact) mass is 289 g/mol. The molecule has 6 heteroatoms. The zero-order chi connectivity index (χ0) is 12.8. The molecule has 2 aliphatic rings. The molecule has 0 radical (unpaired) electrons. The Kier molecular flexibility index (Phi) is 7.16. The van der Waals surface area contributed by atoms with E-state index in [1.165, 1.54) is 0 Å². The van der Waals surface area contributed by atoms with Crippen LogP contribution in [0.4, 0.5) is 0 Å². The van der Waals surface area contributed by atoms with Crippen LogP contribution >= 0.6 is 12.4 Å². The highest BCUT2D eigenvalue weighted by molar-refractivity contribution is 5.85. The van der Waals surface area contributed by atoms with E-state index >= 15 is 0 Å². The van der Waals surface area contributed by atoms with Gasteiger partial charge in [0, 0.05) is 25.6 Å². The molecule has 1 unspecified atom stereocenters. The van der Waals surface area contributed by atoms with E-state index in [4.69, 9.17) is 0 Å². The molecule has 2 amide bonds. The normalized spacial score (nSPS) is 22.2. The Morgan fingerprint density at radius 2 is 2.00 bits per heavy atom. The molecule has 1 saturated carbocycles. The van der Waals surface area contributed by atoms with E-state index in [2.05, 4.69) is 16.0 Å². The maximum absolute atomic E-state index is 11.8. The Bertz CT molecular complexity index is 302. The van der Waals surface area contributed by atoms with Gasteiger partial charge in [-0.1, -0.05) is 0 Å². The molecular weight excluding hydrogens is 266 g/mol. The summed E-state index contributed by atoms with van der Waals surface area (Å²) in [6.45, 7) is 2.41. The lowest BCUT2D eigenvalue weighted by molar-refractivity contribution is -0.126. The number of piperidine rings is 1. The quantitative estimate of drug-likeness (QED) is 0.627. The van der Waals surface area contributed by atoms with Gasteiger partial charge < -0.3 is 16.0 Å². The summed E-state index contributed by atoms with van der Waals surface area (Å²) in [6, 6.07) is 0.431. The van der Waals surface area contributed by atoms with Crippen molar-refractivity contribution in [3.63, 3.8) is 0 Å². The van der Waals surface area contributed by atoms with Crippen molar-refractivity contribution in [2.45, 2.75) is 44.6 Å². The van der Waals surface area contributed by atoms with E-state index in [0.717, 1.165) is 45.2 Å². The van der Waals surface area contributed by atoms with E-state index < -0.39 is 0 Å². The maximum Gasteiger partial charge on any atom is 0.224 e. The van der Waals surface area contributed by atoms with Crippen molar-refractivity contribution in [3.05, 3.63) is 0 Å². The van der Waals surface area contributed by atoms with Crippen molar-refractivity contribution in [1.29, 1.82) is 0 Å². The van der Waals surface area contributed by atoms with Gasteiger partial charge in [-0.05, 0) is 38.6 Å². The Balaban J connectivity index is 0.00000180. The van der Waals surface area contributed by atoms with Crippen LogP contribution in [-0.4, -0.2) is 37.5 Å². The summed E-state index contributed by atoms with van der Waals surface area (Å²) in [4.78, 5) is 23.2. The molecule has 1 heterocycles. The molecule has 1 aliphatic carbocycles. The average Bonchev–Trinajstić information content (AvgIpc) is 3.19. The third kappa shape index (κ3) is 6.25. The van der Waals surface area contributed by atoms with Crippen LogP contribution in [0.3, 0.4) is 0 Å². The fourth-order valence-corrected chi connectivity index (χ4v) is 2.21.